The van der Waals surface area contributed by atoms with Gasteiger partial charge in [0.25, 0.3) is 0 Å². The van der Waals surface area contributed by atoms with Crippen molar-refractivity contribution in [2.45, 2.75) is 12.5 Å². The predicted molar refractivity (Wildman–Crippen MR) is 67.0 cm³/mol. The zero-order valence-corrected chi connectivity index (χ0v) is 11.3. The van der Waals surface area contributed by atoms with Crippen LogP contribution in [0.4, 0.5) is 11.4 Å². The summed E-state index contributed by atoms with van der Waals surface area (Å²) in [6, 6.07) is 0. The number of hydrogen-bond acceptors (Lipinski definition) is 4. The summed E-state index contributed by atoms with van der Waals surface area (Å²) in [7, 11) is 0. The highest BCUT2D eigenvalue weighted by atomic mass is 79.9. The molecule has 1 amide bonds. The first-order valence-electron chi connectivity index (χ1n) is 4.58. The van der Waals surface area contributed by atoms with Crippen LogP contribution in [0.15, 0.2) is 15.3 Å². The Morgan fingerprint density at radius 1 is 1.56 bits per heavy atom. The summed E-state index contributed by atoms with van der Waals surface area (Å²) in [5, 5.41) is 9.44. The SMILES string of the molecule is Nc1c(Br)ncc(Br)c1N1CC(O)CC1=O. The molecule has 0 aliphatic carbocycles. The van der Waals surface area contributed by atoms with E-state index in [-0.39, 0.29) is 18.9 Å². The minimum absolute atomic E-state index is 0.131. The molecular formula is C9H9Br2N3O2. The van der Waals surface area contributed by atoms with Crippen molar-refractivity contribution in [1.82, 2.24) is 4.98 Å². The maximum atomic E-state index is 11.7. The topological polar surface area (TPSA) is 79.4 Å². The van der Waals surface area contributed by atoms with E-state index >= 15 is 0 Å². The van der Waals surface area contributed by atoms with E-state index in [0.29, 0.717) is 20.5 Å². The molecule has 7 heteroatoms. The fraction of sp³-hybridized carbons (Fsp3) is 0.333. The van der Waals surface area contributed by atoms with E-state index < -0.39 is 6.10 Å². The molecule has 16 heavy (non-hydrogen) atoms. The second-order valence-electron chi connectivity index (χ2n) is 3.52. The number of nitrogens with zero attached hydrogens (tertiary/aromatic N) is 2. The molecule has 1 aromatic heterocycles. The quantitative estimate of drug-likeness (QED) is 0.748. The summed E-state index contributed by atoms with van der Waals surface area (Å²) in [5.74, 6) is -0.141. The normalized spacial score (nSPS) is 20.6. The lowest BCUT2D eigenvalue weighted by atomic mass is 10.3. The van der Waals surface area contributed by atoms with Gasteiger partial charge in [0, 0.05) is 6.20 Å². The zero-order valence-electron chi connectivity index (χ0n) is 8.15. The number of carbonyl (C=O) groups excluding carboxylic acids is 1. The second kappa shape index (κ2) is 4.31. The summed E-state index contributed by atoms with van der Waals surface area (Å²) in [6.07, 6.45) is 1.06. The van der Waals surface area contributed by atoms with Gasteiger partial charge in [0.15, 0.2) is 0 Å². The molecule has 2 heterocycles. The summed E-state index contributed by atoms with van der Waals surface area (Å²) < 4.78 is 1.12. The number of nitrogen functional groups attached to an aromatic ring is 1. The third-order valence-corrected chi connectivity index (χ3v) is 3.58. The fourth-order valence-electron chi connectivity index (χ4n) is 1.65. The molecule has 0 saturated carbocycles. The third kappa shape index (κ3) is 1.94. The van der Waals surface area contributed by atoms with E-state index in [0.717, 1.165) is 0 Å². The van der Waals surface area contributed by atoms with Crippen molar-refractivity contribution in [3.63, 3.8) is 0 Å². The number of β-amino-alcohol motifs (C(OH)–C–C–N with tert-alkyl or cyclic N) is 1. The van der Waals surface area contributed by atoms with Crippen LogP contribution in [-0.4, -0.2) is 28.6 Å². The van der Waals surface area contributed by atoms with Gasteiger partial charge in [-0.1, -0.05) is 0 Å². The highest BCUT2D eigenvalue weighted by Gasteiger charge is 2.32. The Balaban J connectivity index is 2.48. The van der Waals surface area contributed by atoms with Crippen LogP contribution in [0.1, 0.15) is 6.42 Å². The lowest BCUT2D eigenvalue weighted by Gasteiger charge is -2.19. The molecule has 0 radical (unpaired) electrons. The van der Waals surface area contributed by atoms with Gasteiger partial charge in [-0.2, -0.15) is 0 Å². The molecule has 5 nitrogen and oxygen atoms in total. The van der Waals surface area contributed by atoms with Crippen LogP contribution in [-0.2, 0) is 4.79 Å². The van der Waals surface area contributed by atoms with Crippen LogP contribution in [0.3, 0.4) is 0 Å². The Labute approximate surface area is 109 Å². The largest absolute Gasteiger partial charge is 0.395 e. The van der Waals surface area contributed by atoms with Crippen LogP contribution >= 0.6 is 31.9 Å². The lowest BCUT2D eigenvalue weighted by molar-refractivity contribution is -0.117. The Morgan fingerprint density at radius 2 is 2.25 bits per heavy atom. The number of nitrogens with two attached hydrogens (primary N) is 1. The number of halogens is 2. The van der Waals surface area contributed by atoms with Gasteiger partial charge in [-0.3, -0.25) is 4.79 Å². The van der Waals surface area contributed by atoms with Gasteiger partial charge in [0.2, 0.25) is 5.91 Å². The maximum absolute atomic E-state index is 11.7. The van der Waals surface area contributed by atoms with Crippen LogP contribution < -0.4 is 10.6 Å². The average Bonchev–Trinajstić information content (AvgIpc) is 2.53. The summed E-state index contributed by atoms with van der Waals surface area (Å²) in [4.78, 5) is 17.1. The Hall–Kier alpha value is -0.660. The first-order valence-corrected chi connectivity index (χ1v) is 6.17. The van der Waals surface area contributed by atoms with Crippen LogP contribution in [0.5, 0.6) is 0 Å². The summed E-state index contributed by atoms with van der Waals surface area (Å²) in [5.41, 5.74) is 6.80. The van der Waals surface area contributed by atoms with Crippen molar-refractivity contribution >= 4 is 49.1 Å². The standard InChI is InChI=1S/C9H9Br2N3O2/c10-5-2-13-9(11)7(12)8(5)14-3-4(15)1-6(14)16/h2,4,15H,1,3,12H2. The molecule has 1 unspecified atom stereocenters. The monoisotopic (exact) mass is 349 g/mol. The van der Waals surface area contributed by atoms with E-state index in [1.165, 1.54) is 4.90 Å². The Morgan fingerprint density at radius 3 is 2.81 bits per heavy atom. The maximum Gasteiger partial charge on any atom is 0.229 e. The molecule has 0 aromatic carbocycles. The number of aliphatic hydroxyl groups excluding tert-OH is 1. The van der Waals surface area contributed by atoms with Crippen LogP contribution in [0.2, 0.25) is 0 Å². The molecule has 1 aliphatic heterocycles. The number of rotatable bonds is 1. The van der Waals surface area contributed by atoms with Crippen molar-refractivity contribution in [3.05, 3.63) is 15.3 Å². The van der Waals surface area contributed by atoms with Crippen molar-refractivity contribution < 1.29 is 9.90 Å². The summed E-state index contributed by atoms with van der Waals surface area (Å²) in [6.45, 7) is 0.262. The highest BCUT2D eigenvalue weighted by Crippen LogP contribution is 2.37. The zero-order chi connectivity index (χ0) is 11.9. The van der Waals surface area contributed by atoms with E-state index in [1.807, 2.05) is 0 Å². The van der Waals surface area contributed by atoms with Gasteiger partial charge in [0.05, 0.1) is 34.9 Å². The molecule has 0 bridgehead atoms. The molecule has 86 valence electrons. The summed E-state index contributed by atoms with van der Waals surface area (Å²) >= 11 is 6.50. The molecule has 0 spiro atoms. The molecular weight excluding hydrogens is 342 g/mol. The van der Waals surface area contributed by atoms with E-state index in [4.69, 9.17) is 5.73 Å². The number of pyridine rings is 1. The van der Waals surface area contributed by atoms with E-state index in [2.05, 4.69) is 36.8 Å². The third-order valence-electron chi connectivity index (χ3n) is 2.37. The van der Waals surface area contributed by atoms with Gasteiger partial charge < -0.3 is 15.7 Å². The van der Waals surface area contributed by atoms with Gasteiger partial charge in [-0.25, -0.2) is 4.98 Å². The second-order valence-corrected chi connectivity index (χ2v) is 5.13. The molecule has 1 saturated heterocycles. The average molecular weight is 351 g/mol. The number of anilines is 2. The minimum Gasteiger partial charge on any atom is -0.395 e. The minimum atomic E-state index is -0.634. The van der Waals surface area contributed by atoms with E-state index in [1.54, 1.807) is 6.20 Å². The smallest absolute Gasteiger partial charge is 0.229 e. The van der Waals surface area contributed by atoms with Crippen molar-refractivity contribution in [3.8, 4) is 0 Å². The lowest BCUT2D eigenvalue weighted by Crippen LogP contribution is -2.26. The predicted octanol–water partition coefficient (Wildman–Crippen LogP) is 1.29. The molecule has 3 N–H and O–H groups in total. The molecule has 1 aliphatic rings. The molecule has 2 rings (SSSR count). The van der Waals surface area contributed by atoms with Gasteiger partial charge in [-0.15, -0.1) is 0 Å². The first-order chi connectivity index (χ1) is 7.50. The van der Waals surface area contributed by atoms with Crippen molar-refractivity contribution in [2.24, 2.45) is 0 Å². The number of amides is 1. The molecule has 1 aromatic rings. The van der Waals surface area contributed by atoms with Crippen LogP contribution in [0.25, 0.3) is 0 Å². The molecule has 1 atom stereocenters. The van der Waals surface area contributed by atoms with Gasteiger partial charge in [0.1, 0.15) is 4.60 Å². The van der Waals surface area contributed by atoms with Crippen molar-refractivity contribution in [1.29, 1.82) is 0 Å². The van der Waals surface area contributed by atoms with Crippen molar-refractivity contribution in [2.75, 3.05) is 17.2 Å². The Bertz CT molecular complexity index is 453. The first kappa shape index (κ1) is 11.8. The Kier molecular flexibility index (Phi) is 3.18. The number of aliphatic hydroxyl groups is 1. The van der Waals surface area contributed by atoms with Crippen LogP contribution in [0, 0.1) is 0 Å². The number of hydrogen-bond donors (Lipinski definition) is 2. The fourth-order valence-corrected chi connectivity index (χ4v) is 2.47. The molecule has 1 fully saturated rings. The van der Waals surface area contributed by atoms with Gasteiger partial charge >= 0.3 is 0 Å². The number of carbonyl (C=O) groups is 1. The van der Waals surface area contributed by atoms with E-state index in [9.17, 15) is 9.90 Å². The van der Waals surface area contributed by atoms with Gasteiger partial charge in [-0.05, 0) is 31.9 Å². The number of aromatic nitrogens is 1. The highest BCUT2D eigenvalue weighted by molar-refractivity contribution is 9.11.